The number of alkyl halides is 6. The molecule has 0 aliphatic heterocycles. The molecule has 0 radical (unpaired) electrons. The molecule has 3 aromatic rings. The van der Waals surface area contributed by atoms with Gasteiger partial charge < -0.3 is 10.6 Å². The summed E-state index contributed by atoms with van der Waals surface area (Å²) in [5, 5.41) is 2.76. The first kappa shape index (κ1) is 27.4. The molecular formula is C22H15F6N3O5S. The number of aromatic nitrogens is 1. The van der Waals surface area contributed by atoms with Gasteiger partial charge in [-0.1, -0.05) is 30.3 Å². The van der Waals surface area contributed by atoms with Crippen LogP contribution in [0.5, 0.6) is 0 Å². The maximum atomic E-state index is 13.1. The molecule has 8 nitrogen and oxygen atoms in total. The van der Waals surface area contributed by atoms with E-state index in [1.54, 1.807) is 18.2 Å². The molecule has 0 saturated heterocycles. The van der Waals surface area contributed by atoms with E-state index in [4.69, 9.17) is 0 Å². The second-order valence-electron chi connectivity index (χ2n) is 7.46. The number of hydrogen-bond donors (Lipinski definition) is 2. The summed E-state index contributed by atoms with van der Waals surface area (Å²) in [5.74, 6) is -6.66. The number of hydrogen-bond acceptors (Lipinski definition) is 5. The molecule has 0 atom stereocenters. The highest BCUT2D eigenvalue weighted by atomic mass is 32.2. The molecule has 0 saturated carbocycles. The average Bonchev–Trinajstić information content (AvgIpc) is 3.28. The summed E-state index contributed by atoms with van der Waals surface area (Å²) in [4.78, 5) is 35.8. The Kier molecular flexibility index (Phi) is 7.48. The number of anilines is 2. The van der Waals surface area contributed by atoms with Crippen LogP contribution in [-0.4, -0.2) is 42.3 Å². The van der Waals surface area contributed by atoms with Crippen LogP contribution in [0.15, 0.2) is 66.9 Å². The smallest absolute Gasteiger partial charge is 0.318 e. The van der Waals surface area contributed by atoms with Gasteiger partial charge in [0.1, 0.15) is 5.69 Å². The zero-order chi connectivity index (χ0) is 27.6. The standard InChI is InChI=1S/C22H15F6N3O5S/c23-21(24,25)19(33)29-15-9-14(10-16(11-15)30-20(34)22(26,27)28)18(32)17-7-4-8-31(17)37(35,36)12-13-5-2-1-3-6-13/h1-11H,12H2,(H,29,33)(H,30,34). The summed E-state index contributed by atoms with van der Waals surface area (Å²) < 4.78 is 103. The van der Waals surface area contributed by atoms with E-state index in [1.807, 2.05) is 0 Å². The molecule has 2 amide bonds. The zero-order valence-corrected chi connectivity index (χ0v) is 19.0. The van der Waals surface area contributed by atoms with Gasteiger partial charge in [-0.2, -0.15) is 26.3 Å². The minimum Gasteiger partial charge on any atom is -0.318 e. The number of halogens is 6. The van der Waals surface area contributed by atoms with Crippen molar-refractivity contribution in [2.75, 3.05) is 10.6 Å². The summed E-state index contributed by atoms with van der Waals surface area (Å²) in [6.07, 6.45) is -9.72. The van der Waals surface area contributed by atoms with Crippen molar-refractivity contribution < 1.29 is 49.1 Å². The van der Waals surface area contributed by atoms with Crippen LogP contribution in [0.25, 0.3) is 0 Å². The number of carbonyl (C=O) groups is 3. The summed E-state index contributed by atoms with van der Waals surface area (Å²) in [6, 6.07) is 12.1. The zero-order valence-electron chi connectivity index (χ0n) is 18.2. The van der Waals surface area contributed by atoms with Gasteiger partial charge in [0.05, 0.1) is 5.75 Å². The Balaban J connectivity index is 2.03. The average molecular weight is 547 g/mol. The first-order valence-electron chi connectivity index (χ1n) is 9.98. The Morgan fingerprint density at radius 2 is 1.27 bits per heavy atom. The summed E-state index contributed by atoms with van der Waals surface area (Å²) in [6.45, 7) is 0. The molecule has 1 heterocycles. The van der Waals surface area contributed by atoms with Crippen molar-refractivity contribution in [2.45, 2.75) is 18.1 Å². The van der Waals surface area contributed by atoms with Crippen LogP contribution < -0.4 is 10.6 Å². The summed E-state index contributed by atoms with van der Waals surface area (Å²) in [7, 11) is -4.19. The molecule has 196 valence electrons. The van der Waals surface area contributed by atoms with E-state index in [1.165, 1.54) is 28.8 Å². The van der Waals surface area contributed by atoms with E-state index in [2.05, 4.69) is 0 Å². The lowest BCUT2D eigenvalue weighted by atomic mass is 10.1. The molecule has 0 aliphatic carbocycles. The lowest BCUT2D eigenvalue weighted by molar-refractivity contribution is -0.167. The Hall–Kier alpha value is -4.14. The van der Waals surface area contributed by atoms with Gasteiger partial charge in [-0.25, -0.2) is 12.4 Å². The van der Waals surface area contributed by atoms with Gasteiger partial charge >= 0.3 is 24.2 Å². The minimum absolute atomic E-state index is 0.378. The molecule has 0 fully saturated rings. The largest absolute Gasteiger partial charge is 0.471 e. The van der Waals surface area contributed by atoms with Gasteiger partial charge in [0.25, 0.3) is 0 Å². The third-order valence-electron chi connectivity index (χ3n) is 4.66. The third-order valence-corrected chi connectivity index (χ3v) is 6.28. The van der Waals surface area contributed by atoms with E-state index in [-0.39, 0.29) is 0 Å². The predicted molar refractivity (Wildman–Crippen MR) is 118 cm³/mol. The van der Waals surface area contributed by atoms with Crippen LogP contribution in [0, 0.1) is 0 Å². The quantitative estimate of drug-likeness (QED) is 0.342. The van der Waals surface area contributed by atoms with Crippen molar-refractivity contribution in [1.82, 2.24) is 3.97 Å². The van der Waals surface area contributed by atoms with Crippen molar-refractivity contribution in [2.24, 2.45) is 0 Å². The fourth-order valence-corrected chi connectivity index (χ4v) is 4.55. The van der Waals surface area contributed by atoms with E-state index in [0.717, 1.165) is 12.3 Å². The number of carbonyl (C=O) groups excluding carboxylic acids is 3. The molecule has 0 bridgehead atoms. The highest BCUT2D eigenvalue weighted by Crippen LogP contribution is 2.27. The van der Waals surface area contributed by atoms with E-state index < -0.39 is 68.4 Å². The summed E-state index contributed by atoms with van der Waals surface area (Å²) >= 11 is 0. The minimum atomic E-state index is -5.38. The van der Waals surface area contributed by atoms with Crippen molar-refractivity contribution in [3.05, 3.63) is 83.7 Å². The van der Waals surface area contributed by atoms with Crippen molar-refractivity contribution in [3.63, 3.8) is 0 Å². The SMILES string of the molecule is O=C(c1cc(NC(=O)C(F)(F)F)cc(NC(=O)C(F)(F)F)c1)c1cccn1S(=O)(=O)Cc1ccccc1. The molecule has 2 aromatic carbocycles. The van der Waals surface area contributed by atoms with Crippen LogP contribution >= 0.6 is 0 Å². The van der Waals surface area contributed by atoms with Crippen LogP contribution in [0.3, 0.4) is 0 Å². The Bertz CT molecular complexity index is 1400. The maximum Gasteiger partial charge on any atom is 0.471 e. The van der Waals surface area contributed by atoms with Crippen LogP contribution in [0.2, 0.25) is 0 Å². The van der Waals surface area contributed by atoms with Crippen molar-refractivity contribution >= 4 is 39.0 Å². The monoisotopic (exact) mass is 547 g/mol. The molecular weight excluding hydrogens is 532 g/mol. The van der Waals surface area contributed by atoms with Gasteiger partial charge in [0.2, 0.25) is 15.8 Å². The summed E-state index contributed by atoms with van der Waals surface area (Å²) in [5.41, 5.74) is -2.30. The Morgan fingerprint density at radius 3 is 1.76 bits per heavy atom. The van der Waals surface area contributed by atoms with Gasteiger partial charge in [0.15, 0.2) is 0 Å². The fourth-order valence-electron chi connectivity index (χ4n) is 3.09. The third kappa shape index (κ3) is 6.75. The molecule has 37 heavy (non-hydrogen) atoms. The molecule has 3 rings (SSSR count). The number of rotatable bonds is 7. The van der Waals surface area contributed by atoms with Crippen LogP contribution in [-0.2, 0) is 25.4 Å². The normalized spacial score (nSPS) is 12.2. The second kappa shape index (κ2) is 10.1. The lowest BCUT2D eigenvalue weighted by Gasteiger charge is -2.14. The fraction of sp³-hybridized carbons (Fsp3) is 0.136. The van der Waals surface area contributed by atoms with E-state index in [0.29, 0.717) is 27.7 Å². The van der Waals surface area contributed by atoms with Crippen molar-refractivity contribution in [3.8, 4) is 0 Å². The molecule has 2 N–H and O–H groups in total. The Morgan fingerprint density at radius 1 is 0.757 bits per heavy atom. The topological polar surface area (TPSA) is 114 Å². The molecule has 0 aliphatic rings. The molecule has 0 unspecified atom stereocenters. The lowest BCUT2D eigenvalue weighted by Crippen LogP contribution is -2.31. The Labute approximate surface area is 204 Å². The van der Waals surface area contributed by atoms with Gasteiger partial charge in [-0.05, 0) is 35.9 Å². The number of benzene rings is 2. The number of nitrogens with one attached hydrogen (secondary N) is 2. The molecule has 0 spiro atoms. The molecule has 15 heteroatoms. The number of amides is 2. The predicted octanol–water partition coefficient (Wildman–Crippen LogP) is 4.10. The first-order valence-corrected chi connectivity index (χ1v) is 11.6. The van der Waals surface area contributed by atoms with Crippen LogP contribution in [0.1, 0.15) is 21.6 Å². The van der Waals surface area contributed by atoms with Gasteiger partial charge in [-0.15, -0.1) is 0 Å². The van der Waals surface area contributed by atoms with Gasteiger partial charge in [0, 0.05) is 23.1 Å². The van der Waals surface area contributed by atoms with Gasteiger partial charge in [-0.3, -0.25) is 14.4 Å². The number of nitrogens with zero attached hydrogens (tertiary/aromatic N) is 1. The van der Waals surface area contributed by atoms with E-state index >= 15 is 0 Å². The highest BCUT2D eigenvalue weighted by molar-refractivity contribution is 7.89. The number of ketones is 1. The second-order valence-corrected chi connectivity index (χ2v) is 9.31. The van der Waals surface area contributed by atoms with E-state index in [9.17, 15) is 49.1 Å². The first-order chi connectivity index (χ1) is 17.1. The molecule has 1 aromatic heterocycles. The highest BCUT2D eigenvalue weighted by Gasteiger charge is 2.40. The maximum absolute atomic E-state index is 13.1. The van der Waals surface area contributed by atoms with Crippen molar-refractivity contribution in [1.29, 1.82) is 0 Å². The van der Waals surface area contributed by atoms with Crippen LogP contribution in [0.4, 0.5) is 37.7 Å².